The quantitative estimate of drug-likeness (QED) is 0.584. The van der Waals surface area contributed by atoms with E-state index in [4.69, 9.17) is 0 Å². The van der Waals surface area contributed by atoms with Gasteiger partial charge in [-0.3, -0.25) is 4.79 Å². The van der Waals surface area contributed by atoms with Crippen LogP contribution in [0.1, 0.15) is 12.8 Å². The first-order chi connectivity index (χ1) is 6.20. The van der Waals surface area contributed by atoms with Gasteiger partial charge in [0.15, 0.2) is 0 Å². The zero-order valence-corrected chi connectivity index (χ0v) is 8.05. The summed E-state index contributed by atoms with van der Waals surface area (Å²) in [4.78, 5) is 13.3. The molecule has 1 amide bonds. The standard InChI is InChI=1S/C10H16N2O/c1-12-6-4-10(5-7-12)3-2-9(13)11-8-10/h2-3H,4-8H2,1H3,(H,11,13). The number of hydrogen-bond donors (Lipinski definition) is 1. The molecule has 1 N–H and O–H groups in total. The highest BCUT2D eigenvalue weighted by Gasteiger charge is 2.33. The number of carbonyl (C=O) groups excluding carboxylic acids is 1. The number of carbonyl (C=O) groups is 1. The summed E-state index contributed by atoms with van der Waals surface area (Å²) in [5, 5.41) is 2.91. The van der Waals surface area contributed by atoms with Crippen molar-refractivity contribution in [3.05, 3.63) is 12.2 Å². The van der Waals surface area contributed by atoms with Crippen LogP contribution in [-0.4, -0.2) is 37.5 Å². The fourth-order valence-electron chi connectivity index (χ4n) is 2.04. The van der Waals surface area contributed by atoms with E-state index < -0.39 is 0 Å². The molecule has 0 saturated carbocycles. The number of likely N-dealkylation sites (tertiary alicyclic amines) is 1. The Morgan fingerprint density at radius 3 is 2.69 bits per heavy atom. The third-order valence-corrected chi connectivity index (χ3v) is 3.19. The van der Waals surface area contributed by atoms with Gasteiger partial charge >= 0.3 is 0 Å². The van der Waals surface area contributed by atoms with E-state index in [9.17, 15) is 4.79 Å². The van der Waals surface area contributed by atoms with Gasteiger partial charge in [-0.15, -0.1) is 0 Å². The van der Waals surface area contributed by atoms with Gasteiger partial charge in [0.2, 0.25) is 5.91 Å². The molecule has 2 rings (SSSR count). The van der Waals surface area contributed by atoms with Gasteiger partial charge in [0, 0.05) is 12.0 Å². The summed E-state index contributed by atoms with van der Waals surface area (Å²) in [6.45, 7) is 3.11. The number of nitrogens with zero attached hydrogens (tertiary/aromatic N) is 1. The van der Waals surface area contributed by atoms with Crippen LogP contribution in [-0.2, 0) is 4.79 Å². The fourth-order valence-corrected chi connectivity index (χ4v) is 2.04. The van der Waals surface area contributed by atoms with Crippen LogP contribution >= 0.6 is 0 Å². The van der Waals surface area contributed by atoms with Gasteiger partial charge < -0.3 is 10.2 Å². The van der Waals surface area contributed by atoms with Crippen LogP contribution in [0.3, 0.4) is 0 Å². The van der Waals surface area contributed by atoms with Crippen molar-refractivity contribution in [2.45, 2.75) is 12.8 Å². The predicted octanol–water partition coefficient (Wildman–Crippen LogP) is 0.384. The first-order valence-corrected chi connectivity index (χ1v) is 4.86. The Morgan fingerprint density at radius 1 is 1.46 bits per heavy atom. The number of piperidine rings is 1. The van der Waals surface area contributed by atoms with Crippen molar-refractivity contribution in [3.63, 3.8) is 0 Å². The Bertz CT molecular complexity index is 239. The zero-order valence-electron chi connectivity index (χ0n) is 8.05. The lowest BCUT2D eigenvalue weighted by Gasteiger charge is -2.40. The molecule has 0 aliphatic carbocycles. The molecule has 2 heterocycles. The van der Waals surface area contributed by atoms with Gasteiger partial charge in [-0.05, 0) is 39.1 Å². The largest absolute Gasteiger partial charge is 0.352 e. The summed E-state index contributed by atoms with van der Waals surface area (Å²) < 4.78 is 0. The van der Waals surface area contributed by atoms with Gasteiger partial charge in [0.25, 0.3) is 0 Å². The van der Waals surface area contributed by atoms with Gasteiger partial charge in [-0.25, -0.2) is 0 Å². The average molecular weight is 180 g/mol. The lowest BCUT2D eigenvalue weighted by molar-refractivity contribution is -0.117. The Balaban J connectivity index is 2.05. The normalized spacial score (nSPS) is 27.6. The van der Waals surface area contributed by atoms with Crippen LogP contribution in [0, 0.1) is 5.41 Å². The SMILES string of the molecule is CN1CCC2(C=CC(=O)NC2)CC1. The molecular weight excluding hydrogens is 164 g/mol. The van der Waals surface area contributed by atoms with Gasteiger partial charge in [0.05, 0.1) is 0 Å². The molecule has 0 bridgehead atoms. The van der Waals surface area contributed by atoms with E-state index in [1.165, 1.54) is 12.8 Å². The van der Waals surface area contributed by atoms with E-state index in [0.29, 0.717) is 0 Å². The molecule has 0 aromatic heterocycles. The molecule has 3 nitrogen and oxygen atoms in total. The molecule has 2 aliphatic rings. The molecule has 1 spiro atoms. The molecule has 0 atom stereocenters. The Kier molecular flexibility index (Phi) is 2.12. The minimum atomic E-state index is 0.0598. The minimum absolute atomic E-state index is 0.0598. The number of rotatable bonds is 0. The number of nitrogens with one attached hydrogen (secondary N) is 1. The summed E-state index contributed by atoms with van der Waals surface area (Å²) in [6.07, 6.45) is 6.13. The van der Waals surface area contributed by atoms with E-state index in [2.05, 4.69) is 23.3 Å². The maximum Gasteiger partial charge on any atom is 0.243 e. The number of hydrogen-bond acceptors (Lipinski definition) is 2. The molecule has 0 aromatic carbocycles. The second-order valence-corrected chi connectivity index (χ2v) is 4.22. The summed E-state index contributed by atoms with van der Waals surface area (Å²) in [5.74, 6) is 0.0598. The molecule has 0 unspecified atom stereocenters. The van der Waals surface area contributed by atoms with Crippen molar-refractivity contribution in [2.75, 3.05) is 26.7 Å². The van der Waals surface area contributed by atoms with Crippen molar-refractivity contribution in [3.8, 4) is 0 Å². The Labute approximate surface area is 78.8 Å². The molecular formula is C10H16N2O. The van der Waals surface area contributed by atoms with E-state index in [1.54, 1.807) is 6.08 Å². The van der Waals surface area contributed by atoms with Crippen LogP contribution in [0.2, 0.25) is 0 Å². The maximum absolute atomic E-state index is 10.9. The van der Waals surface area contributed by atoms with E-state index >= 15 is 0 Å². The highest BCUT2D eigenvalue weighted by molar-refractivity contribution is 5.88. The van der Waals surface area contributed by atoms with Crippen molar-refractivity contribution in [2.24, 2.45) is 5.41 Å². The smallest absolute Gasteiger partial charge is 0.243 e. The number of amides is 1. The lowest BCUT2D eigenvalue weighted by Crippen LogP contribution is -2.46. The Hall–Kier alpha value is -0.830. The summed E-state index contributed by atoms with van der Waals surface area (Å²) in [6, 6.07) is 0. The third-order valence-electron chi connectivity index (χ3n) is 3.19. The van der Waals surface area contributed by atoms with Crippen LogP contribution < -0.4 is 5.32 Å². The molecule has 1 saturated heterocycles. The highest BCUT2D eigenvalue weighted by Crippen LogP contribution is 2.33. The first-order valence-electron chi connectivity index (χ1n) is 4.86. The van der Waals surface area contributed by atoms with Crippen molar-refractivity contribution in [1.82, 2.24) is 10.2 Å². The fraction of sp³-hybridized carbons (Fsp3) is 0.700. The van der Waals surface area contributed by atoms with Crippen LogP contribution in [0.25, 0.3) is 0 Å². The first kappa shape index (κ1) is 8.75. The second kappa shape index (κ2) is 3.14. The van der Waals surface area contributed by atoms with E-state index in [-0.39, 0.29) is 11.3 Å². The Morgan fingerprint density at radius 2 is 2.15 bits per heavy atom. The molecule has 72 valence electrons. The lowest BCUT2D eigenvalue weighted by atomic mass is 9.77. The van der Waals surface area contributed by atoms with Gasteiger partial charge in [-0.1, -0.05) is 6.08 Å². The summed E-state index contributed by atoms with van der Waals surface area (Å²) in [7, 11) is 2.15. The summed E-state index contributed by atoms with van der Waals surface area (Å²) in [5.41, 5.74) is 0.264. The predicted molar refractivity (Wildman–Crippen MR) is 51.3 cm³/mol. The van der Waals surface area contributed by atoms with E-state index in [1.807, 2.05) is 0 Å². The van der Waals surface area contributed by atoms with Crippen LogP contribution in [0.15, 0.2) is 12.2 Å². The highest BCUT2D eigenvalue weighted by atomic mass is 16.1. The van der Waals surface area contributed by atoms with Crippen LogP contribution in [0.5, 0.6) is 0 Å². The average Bonchev–Trinajstić information content (AvgIpc) is 2.16. The van der Waals surface area contributed by atoms with Gasteiger partial charge in [-0.2, -0.15) is 0 Å². The van der Waals surface area contributed by atoms with Crippen molar-refractivity contribution in [1.29, 1.82) is 0 Å². The molecule has 13 heavy (non-hydrogen) atoms. The molecule has 0 aromatic rings. The van der Waals surface area contributed by atoms with Gasteiger partial charge in [0.1, 0.15) is 0 Å². The molecule has 0 radical (unpaired) electrons. The summed E-state index contributed by atoms with van der Waals surface area (Å²) >= 11 is 0. The van der Waals surface area contributed by atoms with E-state index in [0.717, 1.165) is 19.6 Å². The molecule has 1 fully saturated rings. The molecule has 3 heteroatoms. The minimum Gasteiger partial charge on any atom is -0.352 e. The van der Waals surface area contributed by atoms with Crippen LogP contribution in [0.4, 0.5) is 0 Å². The van der Waals surface area contributed by atoms with Crippen molar-refractivity contribution >= 4 is 5.91 Å². The molecule has 2 aliphatic heterocycles. The zero-order chi connectivity index (χ0) is 9.31. The second-order valence-electron chi connectivity index (χ2n) is 4.22. The maximum atomic E-state index is 10.9. The monoisotopic (exact) mass is 180 g/mol. The topological polar surface area (TPSA) is 32.3 Å². The third kappa shape index (κ3) is 1.75. The van der Waals surface area contributed by atoms with Crippen molar-refractivity contribution < 1.29 is 4.79 Å².